The first-order valence-corrected chi connectivity index (χ1v) is 18.4. The summed E-state index contributed by atoms with van der Waals surface area (Å²) in [5.74, 6) is -0.774. The quantitative estimate of drug-likeness (QED) is 0.108. The fraction of sp³-hybridized carbons (Fsp3) is 0.318. The zero-order chi connectivity index (χ0) is 36.7. The molecule has 0 saturated carbocycles. The molecule has 9 heteroatoms. The summed E-state index contributed by atoms with van der Waals surface area (Å²) >= 11 is 6.86. The summed E-state index contributed by atoms with van der Waals surface area (Å²) in [5.41, 5.74) is 3.84. The summed E-state index contributed by atoms with van der Waals surface area (Å²) in [6.45, 7) is 2.51. The number of fused-ring (bicyclic) bond motifs is 2. The zero-order valence-electron chi connectivity index (χ0n) is 29.7. The van der Waals surface area contributed by atoms with E-state index >= 15 is 0 Å². The second kappa shape index (κ2) is 16.9. The van der Waals surface area contributed by atoms with Crippen LogP contribution in [0.2, 0.25) is 5.02 Å². The lowest BCUT2D eigenvalue weighted by atomic mass is 9.80. The van der Waals surface area contributed by atoms with Crippen molar-refractivity contribution in [2.75, 3.05) is 19.8 Å². The van der Waals surface area contributed by atoms with E-state index in [9.17, 15) is 10.2 Å². The number of hydrogen-bond donors (Lipinski definition) is 2. The van der Waals surface area contributed by atoms with Gasteiger partial charge in [-0.15, -0.1) is 0 Å². The van der Waals surface area contributed by atoms with Gasteiger partial charge in [0.1, 0.15) is 30.2 Å². The lowest BCUT2D eigenvalue weighted by Gasteiger charge is -2.52. The highest BCUT2D eigenvalue weighted by Crippen LogP contribution is 2.54. The molecular formula is C44H45ClO8. The van der Waals surface area contributed by atoms with E-state index in [2.05, 4.69) is 0 Å². The van der Waals surface area contributed by atoms with Gasteiger partial charge in [0.15, 0.2) is 5.60 Å². The van der Waals surface area contributed by atoms with Gasteiger partial charge in [0.05, 0.1) is 39.6 Å². The van der Waals surface area contributed by atoms with Crippen LogP contribution in [0.15, 0.2) is 133 Å². The Kier molecular flexibility index (Phi) is 11.9. The zero-order valence-corrected chi connectivity index (χ0v) is 30.4. The number of hydrogen-bond acceptors (Lipinski definition) is 8. The Morgan fingerprint density at radius 1 is 0.717 bits per heavy atom. The van der Waals surface area contributed by atoms with Crippen molar-refractivity contribution in [2.45, 2.75) is 69.0 Å². The van der Waals surface area contributed by atoms with Crippen LogP contribution >= 0.6 is 11.6 Å². The lowest BCUT2D eigenvalue weighted by molar-refractivity contribution is -0.361. The average molecular weight is 737 g/mol. The molecule has 53 heavy (non-hydrogen) atoms. The van der Waals surface area contributed by atoms with Crippen molar-refractivity contribution >= 4 is 11.6 Å². The second-order valence-electron chi connectivity index (χ2n) is 13.5. The SMILES string of the molecule is CCOc1ccc(Cc2cc([C@]34OC[C@](C(O)CO)(O3)[C@@H](OCc3ccccc3)[C@H](OCc3ccccc3)[C@H]4OCc3ccccc3)ccc2Cl)cc1. The summed E-state index contributed by atoms with van der Waals surface area (Å²) in [6, 6.07) is 43.1. The third-order valence-electron chi connectivity index (χ3n) is 9.95. The fourth-order valence-corrected chi connectivity index (χ4v) is 7.41. The topological polar surface area (TPSA) is 95.8 Å². The molecule has 0 aliphatic carbocycles. The minimum atomic E-state index is -1.57. The Morgan fingerprint density at radius 2 is 1.28 bits per heavy atom. The molecule has 7 rings (SSSR count). The third kappa shape index (κ3) is 8.06. The smallest absolute Gasteiger partial charge is 0.225 e. The molecule has 6 atom stereocenters. The standard InChI is InChI=1S/C44H45ClO8/c1-2-48-37-21-18-31(19-22-37)24-35-25-36(20-23-38(35)45)44-42(51-29-34-16-10-5-11-17-34)40(49-27-32-12-6-3-7-13-32)41(50-28-33-14-8-4-9-15-33)43(53-44,30-52-44)39(47)26-46/h3-23,25,39-42,46-47H,2,24,26-30H2,1H3/t39?,40-,41-,42+,43+,44-/m0/s1. The molecule has 2 heterocycles. The molecule has 0 spiro atoms. The Morgan fingerprint density at radius 3 is 1.85 bits per heavy atom. The monoisotopic (exact) mass is 736 g/mol. The molecule has 8 nitrogen and oxygen atoms in total. The van der Waals surface area contributed by atoms with E-state index in [1.54, 1.807) is 0 Å². The van der Waals surface area contributed by atoms with Crippen LogP contribution < -0.4 is 4.74 Å². The van der Waals surface area contributed by atoms with Crippen molar-refractivity contribution in [3.05, 3.63) is 172 Å². The van der Waals surface area contributed by atoms with Gasteiger partial charge in [0.25, 0.3) is 0 Å². The van der Waals surface area contributed by atoms with E-state index in [1.165, 1.54) is 0 Å². The number of benzene rings is 5. The molecule has 1 unspecified atom stereocenters. The Balaban J connectivity index is 1.32. The summed E-state index contributed by atoms with van der Waals surface area (Å²) in [4.78, 5) is 0. The molecule has 2 N–H and O–H groups in total. The normalized spacial score (nSPS) is 24.2. The van der Waals surface area contributed by atoms with Gasteiger partial charge in [0.2, 0.25) is 5.79 Å². The predicted octanol–water partition coefficient (Wildman–Crippen LogP) is 7.39. The highest BCUT2D eigenvalue weighted by Gasteiger charge is 2.71. The van der Waals surface area contributed by atoms with Crippen LogP contribution in [0.25, 0.3) is 0 Å². The van der Waals surface area contributed by atoms with Crippen molar-refractivity contribution in [1.82, 2.24) is 0 Å². The van der Waals surface area contributed by atoms with Crippen molar-refractivity contribution < 1.29 is 38.6 Å². The maximum absolute atomic E-state index is 11.7. The Hall–Kier alpha value is -4.09. The first kappa shape index (κ1) is 37.2. The van der Waals surface area contributed by atoms with Crippen LogP contribution in [0, 0.1) is 0 Å². The van der Waals surface area contributed by atoms with Crippen LogP contribution in [0.5, 0.6) is 5.75 Å². The van der Waals surface area contributed by atoms with Crippen LogP contribution in [0.1, 0.15) is 40.3 Å². The first-order chi connectivity index (χ1) is 25.9. The maximum atomic E-state index is 11.7. The average Bonchev–Trinajstić information content (AvgIpc) is 3.57. The summed E-state index contributed by atoms with van der Waals surface area (Å²) in [7, 11) is 0. The predicted molar refractivity (Wildman–Crippen MR) is 201 cm³/mol. The second-order valence-corrected chi connectivity index (χ2v) is 13.9. The molecule has 0 amide bonds. The summed E-state index contributed by atoms with van der Waals surface area (Å²) in [5, 5.41) is 22.8. The Labute approximate surface area is 315 Å². The van der Waals surface area contributed by atoms with E-state index in [0.717, 1.165) is 33.6 Å². The molecule has 2 aliphatic rings. The van der Waals surface area contributed by atoms with Gasteiger partial charge in [-0.05, 0) is 65.4 Å². The Bertz CT molecular complexity index is 1890. The van der Waals surface area contributed by atoms with Crippen LogP contribution in [-0.4, -0.2) is 60.1 Å². The molecule has 5 aromatic carbocycles. The van der Waals surface area contributed by atoms with Crippen molar-refractivity contribution in [3.63, 3.8) is 0 Å². The molecule has 0 aromatic heterocycles. The summed E-state index contributed by atoms with van der Waals surface area (Å²) < 4.78 is 40.0. The largest absolute Gasteiger partial charge is 0.494 e. The van der Waals surface area contributed by atoms with Gasteiger partial charge in [-0.3, -0.25) is 0 Å². The maximum Gasteiger partial charge on any atom is 0.225 e. The summed E-state index contributed by atoms with van der Waals surface area (Å²) in [6.07, 6.45) is -3.48. The van der Waals surface area contributed by atoms with E-state index in [4.69, 9.17) is 40.0 Å². The molecule has 2 saturated heterocycles. The first-order valence-electron chi connectivity index (χ1n) is 18.0. The number of halogens is 1. The van der Waals surface area contributed by atoms with E-state index in [1.807, 2.05) is 140 Å². The molecule has 5 aromatic rings. The highest BCUT2D eigenvalue weighted by molar-refractivity contribution is 6.31. The fourth-order valence-electron chi connectivity index (χ4n) is 7.23. The van der Waals surface area contributed by atoms with E-state index < -0.39 is 42.4 Å². The van der Waals surface area contributed by atoms with E-state index in [-0.39, 0.29) is 26.4 Å². The van der Waals surface area contributed by atoms with Crippen molar-refractivity contribution in [2.24, 2.45) is 0 Å². The van der Waals surface area contributed by atoms with Crippen LogP contribution in [0.4, 0.5) is 0 Å². The van der Waals surface area contributed by atoms with Gasteiger partial charge in [-0.2, -0.15) is 0 Å². The number of aliphatic hydroxyl groups is 2. The van der Waals surface area contributed by atoms with Gasteiger partial charge < -0.3 is 38.6 Å². The minimum absolute atomic E-state index is 0.0958. The van der Waals surface area contributed by atoms with Crippen LogP contribution in [0.3, 0.4) is 0 Å². The third-order valence-corrected chi connectivity index (χ3v) is 10.3. The minimum Gasteiger partial charge on any atom is -0.494 e. The van der Waals surface area contributed by atoms with Crippen LogP contribution in [-0.2, 0) is 55.7 Å². The van der Waals surface area contributed by atoms with Gasteiger partial charge in [-0.1, -0.05) is 121 Å². The molecule has 2 fully saturated rings. The van der Waals surface area contributed by atoms with Gasteiger partial charge in [0, 0.05) is 10.6 Å². The number of aliphatic hydroxyl groups excluding tert-OH is 2. The van der Waals surface area contributed by atoms with Gasteiger partial charge in [-0.25, -0.2) is 0 Å². The molecule has 276 valence electrons. The van der Waals surface area contributed by atoms with Crippen molar-refractivity contribution in [1.29, 1.82) is 0 Å². The molecule has 2 aliphatic heterocycles. The van der Waals surface area contributed by atoms with E-state index in [0.29, 0.717) is 23.6 Å². The van der Waals surface area contributed by atoms with Gasteiger partial charge >= 0.3 is 0 Å². The molecule has 2 bridgehead atoms. The number of rotatable bonds is 16. The highest BCUT2D eigenvalue weighted by atomic mass is 35.5. The lowest BCUT2D eigenvalue weighted by Crippen LogP contribution is -2.70. The van der Waals surface area contributed by atoms with Crippen molar-refractivity contribution in [3.8, 4) is 5.75 Å². The molecular weight excluding hydrogens is 692 g/mol. The number of ether oxygens (including phenoxy) is 6. The molecule has 0 radical (unpaired) electrons.